The van der Waals surface area contributed by atoms with Crippen LogP contribution < -0.4 is 0 Å². The summed E-state index contributed by atoms with van der Waals surface area (Å²) < 4.78 is 27.0. The van der Waals surface area contributed by atoms with E-state index in [0.29, 0.717) is 6.42 Å². The number of ketones is 2. The van der Waals surface area contributed by atoms with Crippen molar-refractivity contribution in [3.63, 3.8) is 0 Å². The van der Waals surface area contributed by atoms with E-state index in [1.807, 2.05) is 13.8 Å². The molecular weight excluding hydrogens is 476 g/mol. The van der Waals surface area contributed by atoms with E-state index in [9.17, 15) is 16.6 Å². The molecule has 5 nitrogen and oxygen atoms in total. The fourth-order valence-electron chi connectivity index (χ4n) is 4.89. The van der Waals surface area contributed by atoms with Crippen molar-refractivity contribution in [2.45, 2.75) is 131 Å². The van der Waals surface area contributed by atoms with Crippen LogP contribution in [0.4, 0.5) is 0 Å². The van der Waals surface area contributed by atoms with Crippen molar-refractivity contribution >= 4 is 11.6 Å². The first-order valence-corrected chi connectivity index (χ1v) is 15.7. The van der Waals surface area contributed by atoms with Gasteiger partial charge >= 0.3 is 177 Å². The molecule has 0 aliphatic carbocycles. The molecular formula is C29H52O5Ti. The molecule has 0 heterocycles. The van der Waals surface area contributed by atoms with Gasteiger partial charge in [-0.1, -0.05) is 39.5 Å². The van der Waals surface area contributed by atoms with Gasteiger partial charge in [0.15, 0.2) is 0 Å². The van der Waals surface area contributed by atoms with E-state index >= 15 is 0 Å². The summed E-state index contributed by atoms with van der Waals surface area (Å²) in [5.41, 5.74) is -1.72. The minimum absolute atomic E-state index is 0.0975. The van der Waals surface area contributed by atoms with E-state index in [4.69, 9.17) is 3.32 Å². The maximum atomic E-state index is 13.2. The first-order chi connectivity index (χ1) is 16.4. The summed E-state index contributed by atoms with van der Waals surface area (Å²) in [4.78, 5) is 26.5. The normalized spacial score (nSPS) is 12.7. The summed E-state index contributed by atoms with van der Waals surface area (Å²) in [6.45, 7) is 18.9. The molecule has 0 amide bonds. The molecule has 1 atom stereocenters. The molecule has 1 N–H and O–H groups in total. The molecule has 0 aromatic heterocycles. The molecule has 0 aliphatic rings. The van der Waals surface area contributed by atoms with Gasteiger partial charge in [-0.25, -0.2) is 0 Å². The van der Waals surface area contributed by atoms with Gasteiger partial charge in [-0.15, -0.1) is 0 Å². The fraction of sp³-hybridized carbons (Fsp3) is 0.793. The standard InChI is InChI=1S/C29H51O3.H2O.O.Ti/c1-22(2)20-18-16-14-12-10-9-11-13-15-17-19-21-26(23(3)4)29(32,27(30)24(5)6)28(31)25(7)8;;;/h22-23,26H,5,7,9-21H2,1-4,6,8H3;1H2;;/q-1;;;+2/p-1. The Labute approximate surface area is 222 Å². The molecule has 0 aromatic rings. The van der Waals surface area contributed by atoms with Crippen LogP contribution in [0.15, 0.2) is 24.3 Å². The first-order valence-electron chi connectivity index (χ1n) is 13.7. The molecule has 0 aromatic carbocycles. The number of Topliss-reactive ketones (excluding diaryl/α,β-unsaturated/α-hetero) is 2. The van der Waals surface area contributed by atoms with E-state index in [2.05, 4.69) is 27.0 Å². The SMILES string of the molecule is C=C(C)C(=O)C([O][Ti](=[O])[OH])(C(=O)C(=C)C)C(CCCCCCCCCCCCCC(C)C)C(C)C. The Morgan fingerprint density at radius 1 is 0.743 bits per heavy atom. The van der Waals surface area contributed by atoms with Gasteiger partial charge in [-0.2, -0.15) is 0 Å². The third kappa shape index (κ3) is 12.9. The molecule has 0 saturated heterocycles. The Morgan fingerprint density at radius 3 is 1.37 bits per heavy atom. The third-order valence-corrected chi connectivity index (χ3v) is 7.60. The van der Waals surface area contributed by atoms with Gasteiger partial charge in [0, 0.05) is 0 Å². The summed E-state index contributed by atoms with van der Waals surface area (Å²) >= 11 is -4.23. The summed E-state index contributed by atoms with van der Waals surface area (Å²) in [7, 11) is 0. The second-order valence-electron chi connectivity index (χ2n) is 11.0. The predicted octanol–water partition coefficient (Wildman–Crippen LogP) is 7.82. The number of hydrogen-bond donors (Lipinski definition) is 1. The number of unbranched alkanes of at least 4 members (excludes halogenated alkanes) is 10. The average Bonchev–Trinajstić information content (AvgIpc) is 2.76. The van der Waals surface area contributed by atoms with Crippen LogP contribution in [-0.2, 0) is 34.8 Å². The van der Waals surface area contributed by atoms with Crippen molar-refractivity contribution in [2.24, 2.45) is 17.8 Å². The zero-order valence-corrected chi connectivity index (χ0v) is 25.0. The monoisotopic (exact) mass is 528 g/mol. The molecule has 6 heteroatoms. The Morgan fingerprint density at radius 2 is 1.09 bits per heavy atom. The van der Waals surface area contributed by atoms with Crippen molar-refractivity contribution < 1.29 is 38.5 Å². The first kappa shape index (κ1) is 34.3. The van der Waals surface area contributed by atoms with Crippen molar-refractivity contribution in [2.75, 3.05) is 0 Å². The van der Waals surface area contributed by atoms with Gasteiger partial charge in [0.2, 0.25) is 0 Å². The van der Waals surface area contributed by atoms with Crippen LogP contribution in [0.5, 0.6) is 0 Å². The molecule has 0 bridgehead atoms. The van der Waals surface area contributed by atoms with Crippen molar-refractivity contribution in [3.8, 4) is 0 Å². The van der Waals surface area contributed by atoms with Gasteiger partial charge in [-0.05, 0) is 5.92 Å². The predicted molar refractivity (Wildman–Crippen MR) is 140 cm³/mol. The summed E-state index contributed by atoms with van der Waals surface area (Å²) in [5.74, 6) is -1.02. The minimum atomic E-state index is -4.23. The van der Waals surface area contributed by atoms with E-state index in [-0.39, 0.29) is 17.1 Å². The fourth-order valence-corrected chi connectivity index (χ4v) is 5.85. The van der Waals surface area contributed by atoms with E-state index in [1.54, 1.807) is 0 Å². The molecule has 0 saturated carbocycles. The molecule has 35 heavy (non-hydrogen) atoms. The molecule has 1 unspecified atom stereocenters. The van der Waals surface area contributed by atoms with Gasteiger partial charge in [-0.3, -0.25) is 0 Å². The van der Waals surface area contributed by atoms with Gasteiger partial charge in [0.1, 0.15) is 0 Å². The van der Waals surface area contributed by atoms with Crippen LogP contribution in [0, 0.1) is 17.8 Å². The van der Waals surface area contributed by atoms with Crippen molar-refractivity contribution in [1.82, 2.24) is 0 Å². The summed E-state index contributed by atoms with van der Waals surface area (Å²) in [5, 5.41) is 0. The van der Waals surface area contributed by atoms with Crippen molar-refractivity contribution in [1.29, 1.82) is 0 Å². The second kappa shape index (κ2) is 18.5. The van der Waals surface area contributed by atoms with Crippen LogP contribution in [0.1, 0.15) is 125 Å². The Kier molecular flexibility index (Phi) is 18.1. The van der Waals surface area contributed by atoms with E-state index in [1.165, 1.54) is 71.6 Å². The molecule has 202 valence electrons. The number of rotatable bonds is 22. The topological polar surface area (TPSA) is 80.7 Å². The number of hydrogen-bond acceptors (Lipinski definition) is 4. The number of carbonyl (C=O) groups excluding carboxylic acids is 2. The van der Waals surface area contributed by atoms with E-state index in [0.717, 1.165) is 25.2 Å². The van der Waals surface area contributed by atoms with Crippen LogP contribution in [0.2, 0.25) is 0 Å². The van der Waals surface area contributed by atoms with Crippen LogP contribution in [0.25, 0.3) is 0 Å². The summed E-state index contributed by atoms with van der Waals surface area (Å²) in [6.07, 6.45) is 15.2. The summed E-state index contributed by atoms with van der Waals surface area (Å²) in [6, 6.07) is 0. The molecule has 0 fully saturated rings. The third-order valence-electron chi connectivity index (χ3n) is 6.82. The maximum absolute atomic E-state index is 13.2. The van der Waals surface area contributed by atoms with Gasteiger partial charge in [0.25, 0.3) is 0 Å². The van der Waals surface area contributed by atoms with Gasteiger partial charge < -0.3 is 0 Å². The second-order valence-corrected chi connectivity index (χ2v) is 12.2. The molecule has 0 rings (SSSR count). The van der Waals surface area contributed by atoms with Crippen LogP contribution >= 0.6 is 0 Å². The zero-order valence-electron chi connectivity index (χ0n) is 23.4. The Balaban J connectivity index is 4.80. The van der Waals surface area contributed by atoms with Crippen LogP contribution in [0.3, 0.4) is 0 Å². The molecule has 0 radical (unpaired) electrons. The Hall–Kier alpha value is -0.746. The van der Waals surface area contributed by atoms with Gasteiger partial charge in [0.05, 0.1) is 0 Å². The average molecular weight is 529 g/mol. The zero-order chi connectivity index (χ0) is 27.0. The van der Waals surface area contributed by atoms with Crippen molar-refractivity contribution in [3.05, 3.63) is 24.3 Å². The molecule has 0 aliphatic heterocycles. The number of carbonyl (C=O) groups is 2. The quantitative estimate of drug-likeness (QED) is 0.0671. The Bertz CT molecular complexity index is 669. The van der Waals surface area contributed by atoms with Crippen LogP contribution in [-0.4, -0.2) is 20.9 Å². The van der Waals surface area contributed by atoms with E-state index < -0.39 is 41.7 Å². The molecule has 0 spiro atoms.